The molecule has 32 heavy (non-hydrogen) atoms. The van der Waals surface area contributed by atoms with Crippen LogP contribution in [-0.4, -0.2) is 14.8 Å². The van der Waals surface area contributed by atoms with Crippen molar-refractivity contribution in [2.24, 2.45) is 0 Å². The number of furan rings is 1. The van der Waals surface area contributed by atoms with Crippen molar-refractivity contribution in [3.63, 3.8) is 0 Å². The third kappa shape index (κ3) is 3.31. The number of hydrogen-bond acceptors (Lipinski definition) is 7. The zero-order valence-electron chi connectivity index (χ0n) is 16.6. The molecular weight excluding hydrogens is 420 g/mol. The van der Waals surface area contributed by atoms with E-state index in [4.69, 9.17) is 10.2 Å². The van der Waals surface area contributed by atoms with E-state index in [9.17, 15) is 10.5 Å². The van der Waals surface area contributed by atoms with E-state index in [1.54, 1.807) is 18.2 Å². The molecular formula is C24H14N6OS. The summed E-state index contributed by atoms with van der Waals surface area (Å²) in [5.41, 5.74) is 8.27. The fourth-order valence-corrected chi connectivity index (χ4v) is 4.24. The number of nitrogens with two attached hydrogens (primary N) is 1. The Labute approximate surface area is 186 Å². The number of nitrogen functional groups attached to an aromatic ring is 1. The van der Waals surface area contributed by atoms with E-state index < -0.39 is 0 Å². The molecule has 3 heterocycles. The van der Waals surface area contributed by atoms with Crippen LogP contribution in [0, 0.1) is 22.7 Å². The minimum Gasteiger partial charge on any atom is -0.454 e. The van der Waals surface area contributed by atoms with Gasteiger partial charge in [0, 0.05) is 6.08 Å². The summed E-state index contributed by atoms with van der Waals surface area (Å²) in [6, 6.07) is 24.8. The van der Waals surface area contributed by atoms with Gasteiger partial charge in [-0.25, -0.2) is 9.67 Å². The van der Waals surface area contributed by atoms with Gasteiger partial charge in [-0.3, -0.25) is 0 Å². The number of fused-ring (bicyclic) bond motifs is 1. The molecule has 7 nitrogen and oxygen atoms in total. The first kappa shape index (κ1) is 19.3. The van der Waals surface area contributed by atoms with Gasteiger partial charge < -0.3 is 10.2 Å². The monoisotopic (exact) mass is 434 g/mol. The molecule has 0 bridgehead atoms. The van der Waals surface area contributed by atoms with Crippen molar-refractivity contribution in [2.75, 3.05) is 5.73 Å². The van der Waals surface area contributed by atoms with E-state index in [0.29, 0.717) is 17.2 Å². The van der Waals surface area contributed by atoms with Gasteiger partial charge in [0.2, 0.25) is 0 Å². The first-order chi connectivity index (χ1) is 15.7. The first-order valence-corrected chi connectivity index (χ1v) is 10.4. The second-order valence-corrected chi connectivity index (χ2v) is 7.86. The Morgan fingerprint density at radius 1 is 1.03 bits per heavy atom. The third-order valence-electron chi connectivity index (χ3n) is 4.83. The van der Waals surface area contributed by atoms with Gasteiger partial charge in [-0.05, 0) is 36.4 Å². The smallest absolute Gasteiger partial charge is 0.163 e. The minimum absolute atomic E-state index is 0.139. The Morgan fingerprint density at radius 2 is 1.81 bits per heavy atom. The Kier molecular flexibility index (Phi) is 4.75. The van der Waals surface area contributed by atoms with Crippen molar-refractivity contribution < 1.29 is 4.42 Å². The van der Waals surface area contributed by atoms with Crippen molar-refractivity contribution in [2.45, 2.75) is 0 Å². The van der Waals surface area contributed by atoms with E-state index in [1.165, 1.54) is 16.0 Å². The van der Waals surface area contributed by atoms with E-state index in [2.05, 4.69) is 22.2 Å². The van der Waals surface area contributed by atoms with Crippen LogP contribution >= 0.6 is 11.3 Å². The highest BCUT2D eigenvalue weighted by Gasteiger charge is 2.20. The largest absolute Gasteiger partial charge is 0.454 e. The van der Waals surface area contributed by atoms with Gasteiger partial charge in [0.25, 0.3) is 0 Å². The van der Waals surface area contributed by atoms with Crippen LogP contribution in [-0.2, 0) is 0 Å². The Balaban J connectivity index is 1.54. The summed E-state index contributed by atoms with van der Waals surface area (Å²) in [5, 5.41) is 24.6. The predicted molar refractivity (Wildman–Crippen MR) is 123 cm³/mol. The van der Waals surface area contributed by atoms with Crippen LogP contribution in [0.5, 0.6) is 0 Å². The van der Waals surface area contributed by atoms with Crippen molar-refractivity contribution in [3.05, 3.63) is 83.7 Å². The lowest BCUT2D eigenvalue weighted by Crippen LogP contribution is -2.02. The molecule has 0 saturated carbocycles. The number of thiazole rings is 1. The minimum atomic E-state index is 0.139. The number of rotatable bonds is 4. The standard InChI is InChI=1S/C24H14N6OS/c25-13-15(22-18(14-26)23(27)30(29-22)16-6-2-1-3-7-16)12-17-10-11-20(31-17)24-28-19-8-4-5-9-21(19)32-24/h1-12H,27H2/b15-12+. The third-order valence-corrected chi connectivity index (χ3v) is 5.88. The fraction of sp³-hybridized carbons (Fsp3) is 0. The van der Waals surface area contributed by atoms with Gasteiger partial charge >= 0.3 is 0 Å². The van der Waals surface area contributed by atoms with E-state index >= 15 is 0 Å². The van der Waals surface area contributed by atoms with Crippen LogP contribution in [0.25, 0.3) is 38.3 Å². The first-order valence-electron chi connectivity index (χ1n) is 9.60. The number of nitriles is 2. The number of nitrogens with zero attached hydrogens (tertiary/aromatic N) is 5. The van der Waals surface area contributed by atoms with Gasteiger partial charge in [-0.2, -0.15) is 15.6 Å². The molecule has 5 rings (SSSR count). The lowest BCUT2D eigenvalue weighted by molar-refractivity contribution is 0.571. The molecule has 0 atom stereocenters. The summed E-state index contributed by atoms with van der Waals surface area (Å²) in [6.45, 7) is 0. The SMILES string of the molecule is N#C/C(=C\c1ccc(-c2nc3ccccc3s2)o1)c1nn(-c2ccccc2)c(N)c1C#N. The predicted octanol–water partition coefficient (Wildman–Crippen LogP) is 5.26. The Bertz CT molecular complexity index is 1530. The van der Waals surface area contributed by atoms with Crippen LogP contribution in [0.15, 0.2) is 71.1 Å². The molecule has 8 heteroatoms. The maximum absolute atomic E-state index is 9.78. The maximum atomic E-state index is 9.78. The molecule has 0 aliphatic rings. The Hall–Kier alpha value is -4.66. The molecule has 2 aromatic carbocycles. The van der Waals surface area contributed by atoms with Gasteiger partial charge in [0.1, 0.15) is 35.0 Å². The molecule has 2 N–H and O–H groups in total. The van der Waals surface area contributed by atoms with Gasteiger partial charge in [-0.15, -0.1) is 11.3 Å². The number of para-hydroxylation sites is 2. The van der Waals surface area contributed by atoms with E-state index in [0.717, 1.165) is 15.2 Å². The van der Waals surface area contributed by atoms with Crippen molar-refractivity contribution in [1.82, 2.24) is 14.8 Å². The molecule has 0 saturated heterocycles. The summed E-state index contributed by atoms with van der Waals surface area (Å²) < 4.78 is 8.44. The van der Waals surface area contributed by atoms with Crippen LogP contribution in [0.3, 0.4) is 0 Å². The average molecular weight is 434 g/mol. The summed E-state index contributed by atoms with van der Waals surface area (Å²) in [7, 11) is 0. The highest BCUT2D eigenvalue weighted by molar-refractivity contribution is 7.21. The molecule has 0 unspecified atom stereocenters. The molecule has 5 aromatic rings. The number of hydrogen-bond donors (Lipinski definition) is 1. The molecule has 0 radical (unpaired) electrons. The molecule has 0 amide bonds. The molecule has 0 fully saturated rings. The fourth-order valence-electron chi connectivity index (χ4n) is 3.31. The highest BCUT2D eigenvalue weighted by atomic mass is 32.1. The lowest BCUT2D eigenvalue weighted by Gasteiger charge is -2.02. The van der Waals surface area contributed by atoms with Crippen molar-refractivity contribution in [3.8, 4) is 28.6 Å². The van der Waals surface area contributed by atoms with Gasteiger partial charge in [0.15, 0.2) is 10.8 Å². The van der Waals surface area contributed by atoms with Crippen LogP contribution in [0.4, 0.5) is 5.82 Å². The van der Waals surface area contributed by atoms with Gasteiger partial charge in [0.05, 0.1) is 21.5 Å². The van der Waals surface area contributed by atoms with Crippen LogP contribution in [0.2, 0.25) is 0 Å². The van der Waals surface area contributed by atoms with Crippen molar-refractivity contribution >= 4 is 39.0 Å². The topological polar surface area (TPSA) is 117 Å². The number of aromatic nitrogens is 3. The summed E-state index contributed by atoms with van der Waals surface area (Å²) in [6.07, 6.45) is 1.55. The van der Waals surface area contributed by atoms with Gasteiger partial charge in [-0.1, -0.05) is 30.3 Å². The number of allylic oxidation sites excluding steroid dienone is 1. The number of benzene rings is 2. The van der Waals surface area contributed by atoms with E-state index in [-0.39, 0.29) is 22.6 Å². The van der Waals surface area contributed by atoms with Crippen LogP contribution < -0.4 is 5.73 Å². The highest BCUT2D eigenvalue weighted by Crippen LogP contribution is 2.32. The molecule has 3 aromatic heterocycles. The summed E-state index contributed by atoms with van der Waals surface area (Å²) in [5.74, 6) is 1.22. The maximum Gasteiger partial charge on any atom is 0.163 e. The average Bonchev–Trinajstić information content (AvgIpc) is 3.54. The van der Waals surface area contributed by atoms with E-state index in [1.807, 2.05) is 54.6 Å². The second-order valence-electron chi connectivity index (χ2n) is 6.83. The molecule has 152 valence electrons. The van der Waals surface area contributed by atoms with Crippen molar-refractivity contribution in [1.29, 1.82) is 10.5 Å². The molecule has 0 spiro atoms. The summed E-state index contributed by atoms with van der Waals surface area (Å²) >= 11 is 1.53. The van der Waals surface area contributed by atoms with Crippen LogP contribution in [0.1, 0.15) is 17.0 Å². The second kappa shape index (κ2) is 7.88. The Morgan fingerprint density at radius 3 is 2.56 bits per heavy atom. The number of anilines is 1. The quantitative estimate of drug-likeness (QED) is 0.386. The normalized spacial score (nSPS) is 11.4. The zero-order chi connectivity index (χ0) is 22.1. The lowest BCUT2D eigenvalue weighted by atomic mass is 10.1. The molecule has 0 aliphatic carbocycles. The summed E-state index contributed by atoms with van der Waals surface area (Å²) in [4.78, 5) is 4.59. The zero-order valence-corrected chi connectivity index (χ0v) is 17.4. The molecule has 0 aliphatic heterocycles.